The van der Waals surface area contributed by atoms with Crippen LogP contribution in [-0.2, 0) is 6.54 Å². The molecule has 0 aliphatic rings. The fourth-order valence-electron chi connectivity index (χ4n) is 1.63. The van der Waals surface area contributed by atoms with E-state index in [1.165, 1.54) is 0 Å². The van der Waals surface area contributed by atoms with E-state index in [0.717, 1.165) is 34.6 Å². The molecule has 0 saturated carbocycles. The van der Waals surface area contributed by atoms with E-state index in [2.05, 4.69) is 40.3 Å². The van der Waals surface area contributed by atoms with Crippen LogP contribution in [0.15, 0.2) is 39.3 Å². The molecule has 1 N–H and O–H groups in total. The van der Waals surface area contributed by atoms with Gasteiger partial charge in [-0.05, 0) is 24.6 Å². The molecular formula is C14H17BrN2O. The first kappa shape index (κ1) is 13.3. The van der Waals surface area contributed by atoms with Crippen LogP contribution in [0.3, 0.4) is 0 Å². The van der Waals surface area contributed by atoms with Crippen molar-refractivity contribution in [1.29, 1.82) is 0 Å². The van der Waals surface area contributed by atoms with Gasteiger partial charge in [-0.25, -0.2) is 0 Å². The molecule has 0 unspecified atom stereocenters. The van der Waals surface area contributed by atoms with E-state index in [1.807, 2.05) is 30.3 Å². The molecule has 3 nitrogen and oxygen atoms in total. The molecule has 2 rings (SSSR count). The van der Waals surface area contributed by atoms with Gasteiger partial charge in [-0.15, -0.1) is 0 Å². The number of aromatic nitrogens is 1. The Hall–Kier alpha value is -1.13. The van der Waals surface area contributed by atoms with Crippen molar-refractivity contribution in [2.45, 2.75) is 20.4 Å². The summed E-state index contributed by atoms with van der Waals surface area (Å²) < 4.78 is 6.40. The van der Waals surface area contributed by atoms with Gasteiger partial charge in [0.2, 0.25) is 0 Å². The van der Waals surface area contributed by atoms with Gasteiger partial charge in [0.15, 0.2) is 5.76 Å². The van der Waals surface area contributed by atoms with Gasteiger partial charge in [0.25, 0.3) is 0 Å². The van der Waals surface area contributed by atoms with Crippen LogP contribution in [-0.4, -0.2) is 11.7 Å². The molecule has 0 saturated heterocycles. The molecule has 2 aromatic rings. The quantitative estimate of drug-likeness (QED) is 0.911. The van der Waals surface area contributed by atoms with Crippen LogP contribution in [0.4, 0.5) is 0 Å². The minimum Gasteiger partial charge on any atom is -0.356 e. The summed E-state index contributed by atoms with van der Waals surface area (Å²) in [5, 5.41) is 7.41. The summed E-state index contributed by atoms with van der Waals surface area (Å²) in [5.41, 5.74) is 1.98. The first-order chi connectivity index (χ1) is 8.65. The van der Waals surface area contributed by atoms with E-state index in [0.29, 0.717) is 5.92 Å². The summed E-state index contributed by atoms with van der Waals surface area (Å²) in [7, 11) is 0. The normalized spacial score (nSPS) is 11.1. The average molecular weight is 309 g/mol. The van der Waals surface area contributed by atoms with Crippen molar-refractivity contribution in [2.75, 3.05) is 6.54 Å². The fourth-order valence-corrected chi connectivity index (χ4v) is 1.90. The standard InChI is InChI=1S/C14H17BrN2O/c1-10(2)8-16-9-13-7-14(18-17-13)11-3-5-12(15)6-4-11/h3-7,10,16H,8-9H2,1-2H3. The van der Waals surface area contributed by atoms with Crippen LogP contribution in [0, 0.1) is 5.92 Å². The molecular weight excluding hydrogens is 292 g/mol. The summed E-state index contributed by atoms with van der Waals surface area (Å²) in [6.07, 6.45) is 0. The van der Waals surface area contributed by atoms with E-state index < -0.39 is 0 Å². The molecule has 1 aromatic heterocycles. The maximum atomic E-state index is 5.34. The second-order valence-electron chi connectivity index (χ2n) is 4.71. The molecule has 1 aromatic carbocycles. The van der Waals surface area contributed by atoms with Crippen LogP contribution in [0.1, 0.15) is 19.5 Å². The van der Waals surface area contributed by atoms with Gasteiger partial charge in [-0.1, -0.05) is 47.1 Å². The molecule has 18 heavy (non-hydrogen) atoms. The number of hydrogen-bond acceptors (Lipinski definition) is 3. The largest absolute Gasteiger partial charge is 0.356 e. The summed E-state index contributed by atoms with van der Waals surface area (Å²) in [6.45, 7) is 6.10. The van der Waals surface area contributed by atoms with Crippen molar-refractivity contribution in [3.05, 3.63) is 40.5 Å². The van der Waals surface area contributed by atoms with Crippen molar-refractivity contribution < 1.29 is 4.52 Å². The Morgan fingerprint density at radius 3 is 2.67 bits per heavy atom. The molecule has 0 aliphatic carbocycles. The Labute approximate surface area is 116 Å². The van der Waals surface area contributed by atoms with Crippen LogP contribution < -0.4 is 5.32 Å². The predicted molar refractivity (Wildman–Crippen MR) is 76.2 cm³/mol. The SMILES string of the molecule is CC(C)CNCc1cc(-c2ccc(Br)cc2)on1. The fraction of sp³-hybridized carbons (Fsp3) is 0.357. The molecule has 0 amide bonds. The van der Waals surface area contributed by atoms with Crippen LogP contribution in [0.5, 0.6) is 0 Å². The minimum atomic E-state index is 0.642. The summed E-state index contributed by atoms with van der Waals surface area (Å²) in [4.78, 5) is 0. The van der Waals surface area contributed by atoms with Gasteiger partial charge in [0, 0.05) is 22.6 Å². The van der Waals surface area contributed by atoms with E-state index >= 15 is 0 Å². The van der Waals surface area contributed by atoms with Crippen LogP contribution >= 0.6 is 15.9 Å². The summed E-state index contributed by atoms with van der Waals surface area (Å²) in [6, 6.07) is 9.99. The molecule has 0 atom stereocenters. The number of nitrogens with one attached hydrogen (secondary N) is 1. The highest BCUT2D eigenvalue weighted by Crippen LogP contribution is 2.22. The number of rotatable bonds is 5. The topological polar surface area (TPSA) is 38.1 Å². The number of nitrogens with zero attached hydrogens (tertiary/aromatic N) is 1. The maximum Gasteiger partial charge on any atom is 0.167 e. The highest BCUT2D eigenvalue weighted by atomic mass is 79.9. The van der Waals surface area contributed by atoms with Crippen molar-refractivity contribution in [2.24, 2.45) is 5.92 Å². The molecule has 4 heteroatoms. The van der Waals surface area contributed by atoms with E-state index in [-0.39, 0.29) is 0 Å². The lowest BCUT2D eigenvalue weighted by Gasteiger charge is -2.04. The van der Waals surface area contributed by atoms with Gasteiger partial charge in [-0.2, -0.15) is 0 Å². The lowest BCUT2D eigenvalue weighted by atomic mass is 10.1. The van der Waals surface area contributed by atoms with Gasteiger partial charge < -0.3 is 9.84 Å². The molecule has 96 valence electrons. The summed E-state index contributed by atoms with van der Waals surface area (Å²) >= 11 is 3.41. The predicted octanol–water partition coefficient (Wildman–Crippen LogP) is 3.85. The van der Waals surface area contributed by atoms with Gasteiger partial charge in [-0.3, -0.25) is 0 Å². The monoisotopic (exact) mass is 308 g/mol. The lowest BCUT2D eigenvalue weighted by molar-refractivity contribution is 0.418. The molecule has 0 aliphatic heterocycles. The highest BCUT2D eigenvalue weighted by Gasteiger charge is 2.06. The molecule has 0 spiro atoms. The smallest absolute Gasteiger partial charge is 0.167 e. The zero-order valence-corrected chi connectivity index (χ0v) is 12.2. The lowest BCUT2D eigenvalue weighted by Crippen LogP contribution is -2.18. The Bertz CT molecular complexity index is 491. The average Bonchev–Trinajstić information content (AvgIpc) is 2.78. The van der Waals surface area contributed by atoms with Crippen molar-refractivity contribution in [3.8, 4) is 11.3 Å². The Morgan fingerprint density at radius 2 is 2.00 bits per heavy atom. The third-order valence-corrected chi connectivity index (χ3v) is 3.08. The van der Waals surface area contributed by atoms with E-state index in [9.17, 15) is 0 Å². The van der Waals surface area contributed by atoms with Crippen molar-refractivity contribution >= 4 is 15.9 Å². The number of hydrogen-bond donors (Lipinski definition) is 1. The Kier molecular flexibility index (Phi) is 4.55. The van der Waals surface area contributed by atoms with E-state index in [1.54, 1.807) is 0 Å². The number of halogens is 1. The van der Waals surface area contributed by atoms with Crippen molar-refractivity contribution in [3.63, 3.8) is 0 Å². The van der Waals surface area contributed by atoms with Crippen molar-refractivity contribution in [1.82, 2.24) is 10.5 Å². The van der Waals surface area contributed by atoms with Crippen LogP contribution in [0.2, 0.25) is 0 Å². The first-order valence-corrected chi connectivity index (χ1v) is 6.86. The summed E-state index contributed by atoms with van der Waals surface area (Å²) in [5.74, 6) is 1.45. The zero-order chi connectivity index (χ0) is 13.0. The minimum absolute atomic E-state index is 0.642. The molecule has 0 radical (unpaired) electrons. The Balaban J connectivity index is 1.99. The second kappa shape index (κ2) is 6.16. The van der Waals surface area contributed by atoms with E-state index in [4.69, 9.17) is 4.52 Å². The van der Waals surface area contributed by atoms with Crippen LogP contribution in [0.25, 0.3) is 11.3 Å². The second-order valence-corrected chi connectivity index (χ2v) is 5.63. The maximum absolute atomic E-state index is 5.34. The van der Waals surface area contributed by atoms with Gasteiger partial charge in [0.05, 0.1) is 5.69 Å². The first-order valence-electron chi connectivity index (χ1n) is 6.07. The Morgan fingerprint density at radius 1 is 1.28 bits per heavy atom. The zero-order valence-electron chi connectivity index (χ0n) is 10.6. The molecule has 0 bridgehead atoms. The van der Waals surface area contributed by atoms with Gasteiger partial charge >= 0.3 is 0 Å². The third-order valence-electron chi connectivity index (χ3n) is 2.55. The third kappa shape index (κ3) is 3.68. The highest BCUT2D eigenvalue weighted by molar-refractivity contribution is 9.10. The molecule has 0 fully saturated rings. The van der Waals surface area contributed by atoms with Gasteiger partial charge in [0.1, 0.15) is 0 Å². The number of benzene rings is 1. The molecule has 1 heterocycles.